The van der Waals surface area contributed by atoms with E-state index in [1.54, 1.807) is 0 Å². The van der Waals surface area contributed by atoms with E-state index in [2.05, 4.69) is 10.6 Å². The van der Waals surface area contributed by atoms with E-state index >= 15 is 0 Å². The van der Waals surface area contributed by atoms with Crippen molar-refractivity contribution in [3.8, 4) is 0 Å². The maximum absolute atomic E-state index is 13.7. The van der Waals surface area contributed by atoms with Crippen LogP contribution in [0.1, 0.15) is 54.5 Å². The van der Waals surface area contributed by atoms with Crippen LogP contribution in [-0.4, -0.2) is 44.2 Å². The molecule has 0 saturated heterocycles. The van der Waals surface area contributed by atoms with Crippen LogP contribution >= 0.6 is 22.7 Å². The summed E-state index contributed by atoms with van der Waals surface area (Å²) in [5, 5.41) is 5.65. The van der Waals surface area contributed by atoms with Gasteiger partial charge in [0.15, 0.2) is 0 Å². The van der Waals surface area contributed by atoms with Gasteiger partial charge in [-0.1, -0.05) is 0 Å². The Balaban J connectivity index is 1.54. The van der Waals surface area contributed by atoms with Crippen molar-refractivity contribution in [3.05, 3.63) is 36.9 Å². The summed E-state index contributed by atoms with van der Waals surface area (Å²) in [5.74, 6) is -0.517. The van der Waals surface area contributed by atoms with Gasteiger partial charge in [-0.15, -0.1) is 22.7 Å². The number of urea groups is 1. The van der Waals surface area contributed by atoms with Gasteiger partial charge in [0.25, 0.3) is 0 Å². The standard InChI is InChI=1S/C22H26F3N3O3S2/c1-28(2)9-8-12-14(18(22(23,24)25)32-16(12)11-28)10-26-21(30)27-19-17(20(29)31-3)13-6-4-5-7-15(13)33-19/h4-11H2,1-3H3,(H-,26,27,29,30)/p+1. The first kappa shape index (κ1) is 24.0. The van der Waals surface area contributed by atoms with Crippen LogP contribution in [-0.2, 0) is 43.3 Å². The van der Waals surface area contributed by atoms with Gasteiger partial charge in [0.05, 0.1) is 38.2 Å². The molecule has 33 heavy (non-hydrogen) atoms. The zero-order valence-corrected chi connectivity index (χ0v) is 20.4. The SMILES string of the molecule is COC(=O)c1c(NC(=O)NCc2c(C(F)(F)F)sc3c2CC[N+](C)(C)C3)sc2c1CCCC2. The van der Waals surface area contributed by atoms with Crippen molar-refractivity contribution in [2.75, 3.05) is 33.1 Å². The Labute approximate surface area is 198 Å². The van der Waals surface area contributed by atoms with E-state index in [1.807, 2.05) is 14.1 Å². The number of nitrogens with zero attached hydrogens (tertiary/aromatic N) is 1. The van der Waals surface area contributed by atoms with Crippen molar-refractivity contribution < 1.29 is 32.0 Å². The summed E-state index contributed by atoms with van der Waals surface area (Å²) in [5.41, 5.74) is 2.11. The van der Waals surface area contributed by atoms with Gasteiger partial charge in [0.1, 0.15) is 16.4 Å². The first-order valence-electron chi connectivity index (χ1n) is 10.8. The van der Waals surface area contributed by atoms with E-state index in [0.29, 0.717) is 33.6 Å². The van der Waals surface area contributed by atoms with Crippen molar-refractivity contribution in [1.82, 2.24) is 5.32 Å². The van der Waals surface area contributed by atoms with Crippen molar-refractivity contribution in [1.29, 1.82) is 0 Å². The molecule has 11 heteroatoms. The second-order valence-electron chi connectivity index (χ2n) is 9.09. The highest BCUT2D eigenvalue weighted by Crippen LogP contribution is 2.43. The molecule has 3 heterocycles. The molecule has 2 aliphatic rings. The molecular weight excluding hydrogens is 475 g/mol. The topological polar surface area (TPSA) is 67.4 Å². The minimum atomic E-state index is -4.47. The van der Waals surface area contributed by atoms with Crippen LogP contribution in [0.15, 0.2) is 0 Å². The number of aryl methyl sites for hydroxylation is 1. The van der Waals surface area contributed by atoms with Crippen molar-refractivity contribution in [2.45, 2.75) is 51.4 Å². The predicted octanol–water partition coefficient (Wildman–Crippen LogP) is 4.95. The Hall–Kier alpha value is -2.11. The second-order valence-corrected chi connectivity index (χ2v) is 11.3. The fourth-order valence-electron chi connectivity index (χ4n) is 4.56. The largest absolute Gasteiger partial charge is 0.465 e. The number of nitrogens with one attached hydrogen (secondary N) is 2. The van der Waals surface area contributed by atoms with Crippen LogP contribution in [0.5, 0.6) is 0 Å². The van der Waals surface area contributed by atoms with E-state index in [1.165, 1.54) is 18.4 Å². The quantitative estimate of drug-likeness (QED) is 0.459. The van der Waals surface area contributed by atoms with Gasteiger partial charge in [0, 0.05) is 17.8 Å². The molecule has 2 aromatic rings. The lowest BCUT2D eigenvalue weighted by molar-refractivity contribution is -0.905. The molecule has 0 atom stereocenters. The molecule has 4 rings (SSSR count). The van der Waals surface area contributed by atoms with Gasteiger partial charge in [-0.05, 0) is 42.4 Å². The number of thiophene rings is 2. The van der Waals surface area contributed by atoms with E-state index in [4.69, 9.17) is 4.74 Å². The molecule has 0 aromatic carbocycles. The van der Waals surface area contributed by atoms with Crippen LogP contribution in [0, 0.1) is 0 Å². The smallest absolute Gasteiger partial charge is 0.425 e. The number of hydrogen-bond acceptors (Lipinski definition) is 5. The first-order valence-corrected chi connectivity index (χ1v) is 12.4. The highest BCUT2D eigenvalue weighted by molar-refractivity contribution is 7.17. The number of alkyl halides is 3. The average molecular weight is 503 g/mol. The number of carbonyl (C=O) groups excluding carboxylic acids is 2. The Morgan fingerprint density at radius 1 is 1.06 bits per heavy atom. The summed E-state index contributed by atoms with van der Waals surface area (Å²) in [6, 6.07) is -0.640. The average Bonchev–Trinajstić information content (AvgIpc) is 3.28. The minimum absolute atomic E-state index is 0.149. The van der Waals surface area contributed by atoms with Crippen LogP contribution in [0.25, 0.3) is 0 Å². The number of esters is 1. The molecule has 180 valence electrons. The molecule has 1 aliphatic carbocycles. The normalized spacial score (nSPS) is 17.2. The van der Waals surface area contributed by atoms with Crippen molar-refractivity contribution in [3.63, 3.8) is 0 Å². The third-order valence-electron chi connectivity index (χ3n) is 6.21. The monoisotopic (exact) mass is 502 g/mol. The Bertz CT molecular complexity index is 1090. The van der Waals surface area contributed by atoms with Crippen molar-refractivity contribution >= 4 is 39.7 Å². The van der Waals surface area contributed by atoms with Gasteiger partial charge in [0.2, 0.25) is 0 Å². The molecule has 0 fully saturated rings. The molecule has 6 nitrogen and oxygen atoms in total. The summed E-state index contributed by atoms with van der Waals surface area (Å²) < 4.78 is 46.8. The number of ether oxygens (including phenoxy) is 1. The Kier molecular flexibility index (Phi) is 6.49. The molecule has 2 N–H and O–H groups in total. The molecule has 0 spiro atoms. The number of hydrogen-bond donors (Lipinski definition) is 2. The number of carbonyl (C=O) groups is 2. The summed E-state index contributed by atoms with van der Waals surface area (Å²) in [7, 11) is 5.29. The number of methoxy groups -OCH3 is 1. The zero-order chi connectivity index (χ0) is 24.0. The number of quaternary nitrogens is 1. The molecule has 0 radical (unpaired) electrons. The summed E-state index contributed by atoms with van der Waals surface area (Å²) in [4.78, 5) is 26.2. The number of fused-ring (bicyclic) bond motifs is 2. The van der Waals surface area contributed by atoms with Gasteiger partial charge >= 0.3 is 18.2 Å². The van der Waals surface area contributed by atoms with Gasteiger partial charge in [-0.2, -0.15) is 13.2 Å². The molecule has 2 aromatic heterocycles. The Morgan fingerprint density at radius 3 is 2.48 bits per heavy atom. The predicted molar refractivity (Wildman–Crippen MR) is 122 cm³/mol. The summed E-state index contributed by atoms with van der Waals surface area (Å²) in [6.45, 7) is 1.06. The molecule has 2 amide bonds. The van der Waals surface area contributed by atoms with E-state index in [-0.39, 0.29) is 12.1 Å². The van der Waals surface area contributed by atoms with E-state index in [0.717, 1.165) is 58.9 Å². The summed E-state index contributed by atoms with van der Waals surface area (Å²) >= 11 is 2.12. The van der Waals surface area contributed by atoms with Crippen LogP contribution in [0.2, 0.25) is 0 Å². The minimum Gasteiger partial charge on any atom is -0.465 e. The molecule has 0 bridgehead atoms. The summed E-state index contributed by atoms with van der Waals surface area (Å²) in [6.07, 6.45) is -0.394. The second kappa shape index (κ2) is 8.92. The number of halogens is 3. The fourth-order valence-corrected chi connectivity index (χ4v) is 7.27. The third-order valence-corrected chi connectivity index (χ3v) is 8.72. The lowest BCUT2D eigenvalue weighted by Gasteiger charge is -2.33. The Morgan fingerprint density at radius 2 is 1.79 bits per heavy atom. The van der Waals surface area contributed by atoms with Gasteiger partial charge in [-0.3, -0.25) is 5.32 Å². The lowest BCUT2D eigenvalue weighted by Crippen LogP contribution is -2.43. The molecule has 1 aliphatic heterocycles. The van der Waals surface area contributed by atoms with Crippen LogP contribution < -0.4 is 10.6 Å². The maximum atomic E-state index is 13.7. The van der Waals surface area contributed by atoms with Gasteiger partial charge in [-0.25, -0.2) is 9.59 Å². The number of anilines is 1. The highest BCUT2D eigenvalue weighted by atomic mass is 32.1. The zero-order valence-electron chi connectivity index (χ0n) is 18.8. The first-order chi connectivity index (χ1) is 15.5. The molecule has 0 saturated carbocycles. The fraction of sp³-hybridized carbons (Fsp3) is 0.545. The molecular formula is C22H27F3N3O3S2+. The number of amides is 2. The van der Waals surface area contributed by atoms with Gasteiger partial charge < -0.3 is 14.5 Å². The highest BCUT2D eigenvalue weighted by Gasteiger charge is 2.40. The van der Waals surface area contributed by atoms with E-state index < -0.39 is 23.1 Å². The van der Waals surface area contributed by atoms with Crippen LogP contribution in [0.4, 0.5) is 23.0 Å². The van der Waals surface area contributed by atoms with Crippen LogP contribution in [0.3, 0.4) is 0 Å². The molecule has 0 unspecified atom stereocenters. The van der Waals surface area contributed by atoms with E-state index in [9.17, 15) is 22.8 Å². The van der Waals surface area contributed by atoms with Crippen molar-refractivity contribution in [2.24, 2.45) is 0 Å². The number of rotatable bonds is 4. The maximum Gasteiger partial charge on any atom is 0.425 e. The lowest BCUT2D eigenvalue weighted by atomic mass is 9.95. The number of likely N-dealkylation sites (N-methyl/N-ethyl adjacent to an activating group) is 1. The third kappa shape index (κ3) is 4.90.